The van der Waals surface area contributed by atoms with Gasteiger partial charge in [-0.1, -0.05) is 48.5 Å². The average molecular weight is 502 g/mol. The predicted octanol–water partition coefficient (Wildman–Crippen LogP) is 4.42. The molecule has 37 heavy (non-hydrogen) atoms. The Morgan fingerprint density at radius 1 is 0.865 bits per heavy atom. The zero-order chi connectivity index (χ0) is 26.0. The lowest BCUT2D eigenvalue weighted by Crippen LogP contribution is -2.47. The summed E-state index contributed by atoms with van der Waals surface area (Å²) in [5.74, 6) is 0.876. The minimum Gasteiger partial charge on any atom is -0.495 e. The number of carbonyl (C=O) groups excluding carboxylic acids is 2. The van der Waals surface area contributed by atoms with Gasteiger partial charge in [0.25, 0.3) is 5.91 Å². The highest BCUT2D eigenvalue weighted by Crippen LogP contribution is 2.28. The van der Waals surface area contributed by atoms with Crippen molar-refractivity contribution in [1.82, 2.24) is 10.2 Å². The molecule has 0 spiro atoms. The molecule has 0 aromatic heterocycles. The maximum Gasteiger partial charge on any atom is 0.255 e. The van der Waals surface area contributed by atoms with Crippen molar-refractivity contribution in [2.75, 3.05) is 51.3 Å². The van der Waals surface area contributed by atoms with Gasteiger partial charge in [-0.25, -0.2) is 0 Å². The summed E-state index contributed by atoms with van der Waals surface area (Å²) < 4.78 is 11.5. The van der Waals surface area contributed by atoms with E-state index < -0.39 is 0 Å². The molecule has 0 bridgehead atoms. The summed E-state index contributed by atoms with van der Waals surface area (Å²) in [4.78, 5) is 30.0. The molecule has 4 rings (SSSR count). The fourth-order valence-corrected chi connectivity index (χ4v) is 4.58. The van der Waals surface area contributed by atoms with E-state index in [9.17, 15) is 9.59 Å². The second-order valence-electron chi connectivity index (χ2n) is 9.12. The number of amides is 1. The number of para-hydroxylation sites is 3. The Kier molecular flexibility index (Phi) is 9.16. The quantitative estimate of drug-likeness (QED) is 0.310. The van der Waals surface area contributed by atoms with Crippen LogP contribution in [0.15, 0.2) is 72.8 Å². The van der Waals surface area contributed by atoms with Crippen LogP contribution in [-0.4, -0.2) is 63.0 Å². The minimum absolute atomic E-state index is 0.134. The number of ketones is 1. The maximum absolute atomic E-state index is 13.0. The molecule has 7 heteroatoms. The number of nitrogens with one attached hydrogen (secondary N) is 1. The van der Waals surface area contributed by atoms with Gasteiger partial charge < -0.3 is 19.7 Å². The molecular weight excluding hydrogens is 466 g/mol. The van der Waals surface area contributed by atoms with Crippen LogP contribution in [0.4, 0.5) is 5.69 Å². The topological polar surface area (TPSA) is 71.1 Å². The molecule has 0 unspecified atom stereocenters. The summed E-state index contributed by atoms with van der Waals surface area (Å²) in [7, 11) is 1.71. The van der Waals surface area contributed by atoms with Crippen molar-refractivity contribution in [3.63, 3.8) is 0 Å². The Morgan fingerprint density at radius 2 is 1.57 bits per heavy atom. The standard InChI is InChI=1S/C30H35N3O4/c1-23(34)25-12-8-13-26(29(25)37-22-24-10-4-3-5-11-24)30(35)31-16-9-17-32-18-20-33(21-19-32)27-14-6-7-15-28(27)36-2/h3-8,10-15H,9,16-22H2,1-2H3,(H,31,35). The summed E-state index contributed by atoms with van der Waals surface area (Å²) in [6.07, 6.45) is 0.840. The van der Waals surface area contributed by atoms with Gasteiger partial charge in [-0.05, 0) is 49.7 Å². The second-order valence-corrected chi connectivity index (χ2v) is 9.12. The van der Waals surface area contributed by atoms with E-state index in [1.807, 2.05) is 48.5 Å². The first-order valence-corrected chi connectivity index (χ1v) is 12.8. The lowest BCUT2D eigenvalue weighted by atomic mass is 10.0. The van der Waals surface area contributed by atoms with Crippen LogP contribution in [0, 0.1) is 0 Å². The molecule has 1 aliphatic heterocycles. The molecule has 1 heterocycles. The van der Waals surface area contributed by atoms with Gasteiger partial charge in [-0.15, -0.1) is 0 Å². The molecule has 3 aromatic rings. The SMILES string of the molecule is COc1ccccc1N1CCN(CCCNC(=O)c2cccc(C(C)=O)c2OCc2ccccc2)CC1. The molecule has 1 saturated heterocycles. The van der Waals surface area contributed by atoms with Crippen LogP contribution in [0.25, 0.3) is 0 Å². The number of carbonyl (C=O) groups is 2. The molecule has 1 N–H and O–H groups in total. The van der Waals surface area contributed by atoms with Crippen LogP contribution in [0.5, 0.6) is 11.5 Å². The summed E-state index contributed by atoms with van der Waals surface area (Å²) in [6.45, 7) is 7.03. The molecular formula is C30H35N3O4. The number of Topliss-reactive ketones (excluding diaryl/α,β-unsaturated/α-hetero) is 1. The van der Waals surface area contributed by atoms with E-state index in [1.165, 1.54) is 6.92 Å². The molecule has 0 saturated carbocycles. The molecule has 194 valence electrons. The summed E-state index contributed by atoms with van der Waals surface area (Å²) in [5, 5.41) is 3.01. The van der Waals surface area contributed by atoms with Crippen molar-refractivity contribution in [2.24, 2.45) is 0 Å². The zero-order valence-electron chi connectivity index (χ0n) is 21.6. The van der Waals surface area contributed by atoms with Crippen molar-refractivity contribution >= 4 is 17.4 Å². The molecule has 0 aliphatic carbocycles. The highest BCUT2D eigenvalue weighted by Gasteiger charge is 2.21. The number of hydrogen-bond donors (Lipinski definition) is 1. The molecule has 1 amide bonds. The van der Waals surface area contributed by atoms with E-state index in [4.69, 9.17) is 9.47 Å². The summed E-state index contributed by atoms with van der Waals surface area (Å²) in [5.41, 5.74) is 2.90. The lowest BCUT2D eigenvalue weighted by Gasteiger charge is -2.36. The fourth-order valence-electron chi connectivity index (χ4n) is 4.58. The van der Waals surface area contributed by atoms with Crippen LogP contribution in [0.1, 0.15) is 39.6 Å². The van der Waals surface area contributed by atoms with E-state index in [-0.39, 0.29) is 18.3 Å². The number of piperazine rings is 1. The van der Waals surface area contributed by atoms with Gasteiger partial charge in [0.05, 0.1) is 23.9 Å². The smallest absolute Gasteiger partial charge is 0.255 e. The molecule has 7 nitrogen and oxygen atoms in total. The highest BCUT2D eigenvalue weighted by molar-refractivity contribution is 6.04. The van der Waals surface area contributed by atoms with Crippen LogP contribution >= 0.6 is 0 Å². The largest absolute Gasteiger partial charge is 0.495 e. The van der Waals surface area contributed by atoms with Crippen LogP contribution in [0.3, 0.4) is 0 Å². The van der Waals surface area contributed by atoms with Crippen LogP contribution in [-0.2, 0) is 6.61 Å². The van der Waals surface area contributed by atoms with Gasteiger partial charge in [0.1, 0.15) is 18.1 Å². The number of methoxy groups -OCH3 is 1. The Labute approximate surface area is 219 Å². The first-order chi connectivity index (χ1) is 18.1. The molecule has 0 atom stereocenters. The number of benzene rings is 3. The van der Waals surface area contributed by atoms with Crippen molar-refractivity contribution in [3.05, 3.63) is 89.5 Å². The highest BCUT2D eigenvalue weighted by atomic mass is 16.5. The average Bonchev–Trinajstić information content (AvgIpc) is 2.94. The Bertz CT molecular complexity index is 1190. The lowest BCUT2D eigenvalue weighted by molar-refractivity contribution is 0.0946. The van der Waals surface area contributed by atoms with Crippen LogP contribution < -0.4 is 19.7 Å². The molecule has 1 fully saturated rings. The van der Waals surface area contributed by atoms with E-state index in [1.54, 1.807) is 25.3 Å². The number of anilines is 1. The molecule has 3 aromatic carbocycles. The number of ether oxygens (including phenoxy) is 2. The summed E-state index contributed by atoms with van der Waals surface area (Å²) >= 11 is 0. The normalized spacial score (nSPS) is 13.7. The van der Waals surface area contributed by atoms with Gasteiger partial charge in [0, 0.05) is 32.7 Å². The van der Waals surface area contributed by atoms with Gasteiger partial charge in [0.15, 0.2) is 5.78 Å². The third-order valence-electron chi connectivity index (χ3n) is 6.60. The van der Waals surface area contributed by atoms with Gasteiger partial charge in [-0.3, -0.25) is 14.5 Å². The van der Waals surface area contributed by atoms with Gasteiger partial charge in [-0.2, -0.15) is 0 Å². The Morgan fingerprint density at radius 3 is 2.30 bits per heavy atom. The predicted molar refractivity (Wildman–Crippen MR) is 146 cm³/mol. The summed E-state index contributed by atoms with van der Waals surface area (Å²) in [6, 6.07) is 23.0. The van der Waals surface area contributed by atoms with E-state index in [2.05, 4.69) is 21.2 Å². The first kappa shape index (κ1) is 26.2. The zero-order valence-corrected chi connectivity index (χ0v) is 21.6. The molecule has 0 radical (unpaired) electrons. The number of hydrogen-bond acceptors (Lipinski definition) is 6. The third-order valence-corrected chi connectivity index (χ3v) is 6.60. The molecule has 1 aliphatic rings. The maximum atomic E-state index is 13.0. The van der Waals surface area contributed by atoms with Crippen molar-refractivity contribution in [2.45, 2.75) is 20.0 Å². The first-order valence-electron chi connectivity index (χ1n) is 12.8. The Hall–Kier alpha value is -3.84. The minimum atomic E-state index is -0.229. The fraction of sp³-hybridized carbons (Fsp3) is 0.333. The Balaban J connectivity index is 1.28. The van der Waals surface area contributed by atoms with Gasteiger partial charge in [0.2, 0.25) is 0 Å². The monoisotopic (exact) mass is 501 g/mol. The second kappa shape index (κ2) is 12.9. The van der Waals surface area contributed by atoms with E-state index in [0.717, 1.165) is 56.1 Å². The number of rotatable bonds is 11. The third kappa shape index (κ3) is 6.89. The van der Waals surface area contributed by atoms with Gasteiger partial charge >= 0.3 is 0 Å². The van der Waals surface area contributed by atoms with Crippen molar-refractivity contribution in [3.8, 4) is 11.5 Å². The van der Waals surface area contributed by atoms with Crippen molar-refractivity contribution < 1.29 is 19.1 Å². The van der Waals surface area contributed by atoms with Crippen molar-refractivity contribution in [1.29, 1.82) is 0 Å². The number of nitrogens with zero attached hydrogens (tertiary/aromatic N) is 2. The van der Waals surface area contributed by atoms with E-state index >= 15 is 0 Å². The van der Waals surface area contributed by atoms with E-state index in [0.29, 0.717) is 23.4 Å². The van der Waals surface area contributed by atoms with Crippen LogP contribution in [0.2, 0.25) is 0 Å².